The minimum Gasteiger partial charge on any atom is -0.367 e. The van der Waals surface area contributed by atoms with Crippen LogP contribution in [0.1, 0.15) is 19.5 Å². The van der Waals surface area contributed by atoms with Crippen molar-refractivity contribution < 1.29 is 0 Å². The zero-order chi connectivity index (χ0) is 8.27. The molecular weight excluding hydrogens is 138 g/mol. The average molecular weight is 151 g/mol. The number of hydrogen-bond donors (Lipinski definition) is 1. The topological polar surface area (TPSA) is 37.8 Å². The lowest BCUT2D eigenvalue weighted by Gasteiger charge is -2.07. The van der Waals surface area contributed by atoms with Crippen LogP contribution in [0.4, 0.5) is 5.82 Å². The summed E-state index contributed by atoms with van der Waals surface area (Å²) in [6.45, 7) is 6.08. The predicted molar refractivity (Wildman–Crippen MR) is 45.5 cm³/mol. The van der Waals surface area contributed by atoms with E-state index in [9.17, 15) is 0 Å². The number of nitrogens with one attached hydrogen (secondary N) is 1. The van der Waals surface area contributed by atoms with Gasteiger partial charge in [0.25, 0.3) is 0 Å². The Morgan fingerprint density at radius 2 is 2.09 bits per heavy atom. The molecule has 0 amide bonds. The minimum atomic E-state index is 0.408. The van der Waals surface area contributed by atoms with Crippen LogP contribution in [0.2, 0.25) is 0 Å². The van der Waals surface area contributed by atoms with Gasteiger partial charge in [-0.2, -0.15) is 0 Å². The van der Waals surface area contributed by atoms with Crippen molar-refractivity contribution in [2.24, 2.45) is 0 Å². The first-order valence-corrected chi connectivity index (χ1v) is 3.73. The number of hydrogen-bond acceptors (Lipinski definition) is 3. The molecule has 11 heavy (non-hydrogen) atoms. The van der Waals surface area contributed by atoms with E-state index in [1.165, 1.54) is 0 Å². The average Bonchev–Trinajstić information content (AvgIpc) is 1.85. The molecule has 0 saturated heterocycles. The Labute approximate surface area is 66.9 Å². The van der Waals surface area contributed by atoms with Gasteiger partial charge in [0.1, 0.15) is 5.82 Å². The molecule has 0 saturated carbocycles. The first-order chi connectivity index (χ1) is 5.18. The molecule has 0 bridgehead atoms. The van der Waals surface area contributed by atoms with E-state index in [1.807, 2.05) is 6.92 Å². The van der Waals surface area contributed by atoms with Crippen LogP contribution in [0.3, 0.4) is 0 Å². The van der Waals surface area contributed by atoms with Gasteiger partial charge in [-0.25, -0.2) is 4.98 Å². The van der Waals surface area contributed by atoms with Crippen molar-refractivity contribution in [1.29, 1.82) is 0 Å². The molecule has 0 radical (unpaired) electrons. The first-order valence-electron chi connectivity index (χ1n) is 3.73. The third-order valence-electron chi connectivity index (χ3n) is 1.19. The Morgan fingerprint density at radius 3 is 2.64 bits per heavy atom. The number of nitrogens with zero attached hydrogens (tertiary/aromatic N) is 2. The second kappa shape index (κ2) is 3.32. The molecule has 0 aliphatic heterocycles. The van der Waals surface area contributed by atoms with Crippen molar-refractivity contribution in [3.63, 3.8) is 0 Å². The van der Waals surface area contributed by atoms with Gasteiger partial charge in [-0.15, -0.1) is 0 Å². The van der Waals surface area contributed by atoms with Crippen LogP contribution < -0.4 is 5.32 Å². The summed E-state index contributed by atoms with van der Waals surface area (Å²) in [5.74, 6) is 0.847. The maximum atomic E-state index is 4.24. The normalized spacial score (nSPS) is 10.2. The van der Waals surface area contributed by atoms with Crippen LogP contribution in [-0.2, 0) is 0 Å². The maximum Gasteiger partial charge on any atom is 0.144 e. The zero-order valence-corrected chi connectivity index (χ0v) is 7.13. The van der Waals surface area contributed by atoms with E-state index in [2.05, 4.69) is 29.1 Å². The lowest BCUT2D eigenvalue weighted by atomic mass is 10.4. The van der Waals surface area contributed by atoms with Gasteiger partial charge in [0, 0.05) is 12.2 Å². The van der Waals surface area contributed by atoms with Crippen molar-refractivity contribution in [2.75, 3.05) is 5.32 Å². The van der Waals surface area contributed by atoms with E-state index in [0.29, 0.717) is 6.04 Å². The Morgan fingerprint density at radius 1 is 1.36 bits per heavy atom. The predicted octanol–water partition coefficient (Wildman–Crippen LogP) is 1.61. The molecule has 1 aromatic heterocycles. The van der Waals surface area contributed by atoms with Crippen molar-refractivity contribution >= 4 is 5.82 Å². The SMILES string of the molecule is Cc1cncc(NC(C)C)n1. The summed E-state index contributed by atoms with van der Waals surface area (Å²) in [5, 5.41) is 3.17. The molecule has 1 rings (SSSR count). The molecule has 60 valence electrons. The summed E-state index contributed by atoms with van der Waals surface area (Å²) in [6.07, 6.45) is 3.47. The summed E-state index contributed by atoms with van der Waals surface area (Å²) in [7, 11) is 0. The Balaban J connectivity index is 2.71. The summed E-state index contributed by atoms with van der Waals surface area (Å²) in [6, 6.07) is 0.408. The number of anilines is 1. The highest BCUT2D eigenvalue weighted by Gasteiger charge is 1.95. The lowest BCUT2D eigenvalue weighted by molar-refractivity contribution is 0.882. The first kappa shape index (κ1) is 7.98. The maximum absolute atomic E-state index is 4.24. The van der Waals surface area contributed by atoms with E-state index in [1.54, 1.807) is 12.4 Å². The Kier molecular flexibility index (Phi) is 2.41. The molecule has 0 fully saturated rings. The number of rotatable bonds is 2. The van der Waals surface area contributed by atoms with Gasteiger partial charge in [-0.1, -0.05) is 0 Å². The third-order valence-corrected chi connectivity index (χ3v) is 1.19. The van der Waals surface area contributed by atoms with Crippen molar-refractivity contribution in [2.45, 2.75) is 26.8 Å². The highest BCUT2D eigenvalue weighted by Crippen LogP contribution is 2.01. The molecule has 0 aliphatic carbocycles. The fourth-order valence-corrected chi connectivity index (χ4v) is 0.829. The fourth-order valence-electron chi connectivity index (χ4n) is 0.829. The zero-order valence-electron chi connectivity index (χ0n) is 7.13. The lowest BCUT2D eigenvalue weighted by Crippen LogP contribution is -2.11. The Hall–Kier alpha value is -1.12. The van der Waals surface area contributed by atoms with Crippen molar-refractivity contribution in [1.82, 2.24) is 9.97 Å². The number of aryl methyl sites for hydroxylation is 1. The molecule has 0 unspecified atom stereocenters. The van der Waals surface area contributed by atoms with Crippen LogP contribution >= 0.6 is 0 Å². The van der Waals surface area contributed by atoms with E-state index in [0.717, 1.165) is 11.5 Å². The molecular formula is C8H13N3. The van der Waals surface area contributed by atoms with E-state index >= 15 is 0 Å². The van der Waals surface area contributed by atoms with Crippen LogP contribution in [-0.4, -0.2) is 16.0 Å². The van der Waals surface area contributed by atoms with Crippen LogP contribution in [0.25, 0.3) is 0 Å². The van der Waals surface area contributed by atoms with E-state index < -0.39 is 0 Å². The molecule has 0 spiro atoms. The van der Waals surface area contributed by atoms with Crippen molar-refractivity contribution in [3.8, 4) is 0 Å². The van der Waals surface area contributed by atoms with E-state index in [-0.39, 0.29) is 0 Å². The second-order valence-corrected chi connectivity index (χ2v) is 2.84. The van der Waals surface area contributed by atoms with Gasteiger partial charge >= 0.3 is 0 Å². The van der Waals surface area contributed by atoms with Gasteiger partial charge in [0.2, 0.25) is 0 Å². The standard InChI is InChI=1S/C8H13N3/c1-6(2)10-8-5-9-4-7(3)11-8/h4-6H,1-3H3,(H,10,11). The molecule has 1 aromatic rings. The summed E-state index contributed by atoms with van der Waals surface area (Å²) < 4.78 is 0. The molecule has 1 heterocycles. The van der Waals surface area contributed by atoms with Crippen molar-refractivity contribution in [3.05, 3.63) is 18.1 Å². The number of aromatic nitrogens is 2. The van der Waals surface area contributed by atoms with Gasteiger partial charge in [-0.3, -0.25) is 4.98 Å². The van der Waals surface area contributed by atoms with Crippen LogP contribution in [0.15, 0.2) is 12.4 Å². The minimum absolute atomic E-state index is 0.408. The molecule has 3 nitrogen and oxygen atoms in total. The summed E-state index contributed by atoms with van der Waals surface area (Å²) in [5.41, 5.74) is 0.940. The molecule has 3 heteroatoms. The van der Waals surface area contributed by atoms with Gasteiger partial charge in [-0.05, 0) is 20.8 Å². The quantitative estimate of drug-likeness (QED) is 0.697. The van der Waals surface area contributed by atoms with Crippen LogP contribution in [0, 0.1) is 6.92 Å². The molecule has 0 aromatic carbocycles. The monoisotopic (exact) mass is 151 g/mol. The van der Waals surface area contributed by atoms with Gasteiger partial charge in [0.15, 0.2) is 0 Å². The molecule has 0 atom stereocenters. The summed E-state index contributed by atoms with van der Waals surface area (Å²) >= 11 is 0. The molecule has 0 aliphatic rings. The molecule has 1 N–H and O–H groups in total. The third kappa shape index (κ3) is 2.53. The Bertz CT molecular complexity index is 233. The highest BCUT2D eigenvalue weighted by molar-refractivity contribution is 5.32. The smallest absolute Gasteiger partial charge is 0.144 e. The second-order valence-electron chi connectivity index (χ2n) is 2.84. The largest absolute Gasteiger partial charge is 0.367 e. The van der Waals surface area contributed by atoms with E-state index in [4.69, 9.17) is 0 Å². The van der Waals surface area contributed by atoms with Gasteiger partial charge in [0.05, 0.1) is 11.9 Å². The van der Waals surface area contributed by atoms with Crippen LogP contribution in [0.5, 0.6) is 0 Å². The highest BCUT2D eigenvalue weighted by atomic mass is 15.0. The fraction of sp³-hybridized carbons (Fsp3) is 0.500. The van der Waals surface area contributed by atoms with Gasteiger partial charge < -0.3 is 5.32 Å². The summed E-state index contributed by atoms with van der Waals surface area (Å²) in [4.78, 5) is 8.25.